The first-order valence-corrected chi connectivity index (χ1v) is 13.2. The van der Waals surface area contributed by atoms with E-state index in [0.29, 0.717) is 5.92 Å². The third-order valence-corrected chi connectivity index (χ3v) is 8.55. The molecule has 7 rings (SSSR count). The summed E-state index contributed by atoms with van der Waals surface area (Å²) < 4.78 is 7.75. The van der Waals surface area contributed by atoms with E-state index in [1.807, 2.05) is 13.1 Å². The van der Waals surface area contributed by atoms with E-state index in [1.54, 1.807) is 16.8 Å². The predicted molar refractivity (Wildman–Crippen MR) is 143 cm³/mol. The molecule has 3 heterocycles. The Morgan fingerprint density at radius 2 is 1.89 bits per heavy atom. The topological polar surface area (TPSA) is 84.4 Å². The van der Waals surface area contributed by atoms with Gasteiger partial charge < -0.3 is 14.5 Å². The summed E-state index contributed by atoms with van der Waals surface area (Å²) in [5, 5.41) is 19.7. The highest BCUT2D eigenvalue weighted by atomic mass is 16.5. The maximum Gasteiger partial charge on any atom is 0.335 e. The Balaban J connectivity index is 1.15. The number of piperidine rings is 1. The highest BCUT2D eigenvalue weighted by Gasteiger charge is 2.44. The third kappa shape index (κ3) is 3.59. The maximum atomic E-state index is 11.4. The lowest BCUT2D eigenvalue weighted by Gasteiger charge is -2.46. The van der Waals surface area contributed by atoms with E-state index in [2.05, 4.69) is 47.3 Å². The minimum absolute atomic E-state index is 0.216. The summed E-state index contributed by atoms with van der Waals surface area (Å²) in [5.74, 6) is 1.63. The van der Waals surface area contributed by atoms with Crippen LogP contribution in [0.1, 0.15) is 65.3 Å². The van der Waals surface area contributed by atoms with Gasteiger partial charge in [-0.05, 0) is 73.8 Å². The molecule has 0 atom stereocenters. The molecule has 3 aliphatic rings. The zero-order chi connectivity index (χ0) is 25.3. The van der Waals surface area contributed by atoms with Gasteiger partial charge in [-0.1, -0.05) is 35.5 Å². The Labute approximate surface area is 215 Å². The molecule has 0 amide bonds. The second-order valence-corrected chi connectivity index (χ2v) is 11.0. The number of carboxylic acids is 1. The molecule has 4 aromatic rings. The standard InChI is InChI=1S/C30H30N4O3/c1-18-5-3-4-6-22(18)26-25(27(37-32-26)19-7-8-19)21-16-30(17-21)11-13-34(14-12-30)28-23-10-9-20(29(35)36)15-24(23)33(2)31-28/h3-6,9-10,15-16,19H,7-8,11-14,17H2,1-2H3,(H,35,36). The zero-order valence-electron chi connectivity index (χ0n) is 21.2. The van der Waals surface area contributed by atoms with Crippen molar-refractivity contribution in [3.63, 3.8) is 0 Å². The van der Waals surface area contributed by atoms with Crippen molar-refractivity contribution in [1.82, 2.24) is 14.9 Å². The first kappa shape index (κ1) is 22.3. The van der Waals surface area contributed by atoms with Crippen molar-refractivity contribution in [2.75, 3.05) is 18.0 Å². The Bertz CT molecular complexity index is 1580. The molecule has 1 N–H and O–H groups in total. The average molecular weight is 495 g/mol. The molecular weight excluding hydrogens is 464 g/mol. The van der Waals surface area contributed by atoms with Crippen LogP contribution in [0.15, 0.2) is 53.1 Å². The van der Waals surface area contributed by atoms with E-state index in [1.165, 1.54) is 29.5 Å². The van der Waals surface area contributed by atoms with Gasteiger partial charge >= 0.3 is 5.97 Å². The summed E-state index contributed by atoms with van der Waals surface area (Å²) in [6.45, 7) is 4.00. The molecule has 1 aliphatic heterocycles. The predicted octanol–water partition coefficient (Wildman–Crippen LogP) is 6.19. The van der Waals surface area contributed by atoms with Crippen LogP contribution in [0, 0.1) is 12.3 Å². The van der Waals surface area contributed by atoms with Crippen molar-refractivity contribution >= 4 is 28.3 Å². The summed E-state index contributed by atoms with van der Waals surface area (Å²) in [7, 11) is 1.88. The number of hydrogen-bond acceptors (Lipinski definition) is 5. The molecule has 7 heteroatoms. The molecule has 1 spiro atoms. The normalized spacial score (nSPS) is 18.8. The fourth-order valence-electron chi connectivity index (χ4n) is 6.23. The van der Waals surface area contributed by atoms with Gasteiger partial charge in [0.2, 0.25) is 0 Å². The first-order valence-electron chi connectivity index (χ1n) is 13.2. The first-order chi connectivity index (χ1) is 17.9. The van der Waals surface area contributed by atoms with Gasteiger partial charge in [0.1, 0.15) is 11.5 Å². The Kier molecular flexibility index (Phi) is 4.87. The van der Waals surface area contributed by atoms with Gasteiger partial charge in [0.15, 0.2) is 5.82 Å². The number of aromatic nitrogens is 3. The number of hydrogen-bond donors (Lipinski definition) is 1. The summed E-state index contributed by atoms with van der Waals surface area (Å²) >= 11 is 0. The molecule has 37 heavy (non-hydrogen) atoms. The van der Waals surface area contributed by atoms with Crippen molar-refractivity contribution in [3.05, 3.63) is 71.0 Å². The van der Waals surface area contributed by atoms with E-state index in [4.69, 9.17) is 9.62 Å². The van der Waals surface area contributed by atoms with Crippen LogP contribution in [0.5, 0.6) is 0 Å². The van der Waals surface area contributed by atoms with Crippen LogP contribution in [0.25, 0.3) is 27.7 Å². The van der Waals surface area contributed by atoms with E-state index < -0.39 is 5.97 Å². The monoisotopic (exact) mass is 494 g/mol. The fraction of sp³-hybridized carbons (Fsp3) is 0.367. The van der Waals surface area contributed by atoms with Gasteiger partial charge in [-0.15, -0.1) is 0 Å². The number of aromatic carboxylic acids is 1. The van der Waals surface area contributed by atoms with Crippen LogP contribution in [0.2, 0.25) is 0 Å². The number of nitrogens with zero attached hydrogens (tertiary/aromatic N) is 4. The average Bonchev–Trinajstić information content (AvgIpc) is 3.56. The van der Waals surface area contributed by atoms with E-state index in [-0.39, 0.29) is 11.0 Å². The largest absolute Gasteiger partial charge is 0.478 e. The van der Waals surface area contributed by atoms with Gasteiger partial charge in [0, 0.05) is 42.6 Å². The number of fused-ring (bicyclic) bond motifs is 1. The van der Waals surface area contributed by atoms with Crippen LogP contribution in [-0.2, 0) is 7.05 Å². The van der Waals surface area contributed by atoms with Crippen LogP contribution >= 0.6 is 0 Å². The van der Waals surface area contributed by atoms with Crippen molar-refractivity contribution in [2.24, 2.45) is 12.5 Å². The van der Waals surface area contributed by atoms with Crippen molar-refractivity contribution in [2.45, 2.75) is 44.9 Å². The van der Waals surface area contributed by atoms with Crippen molar-refractivity contribution < 1.29 is 14.4 Å². The molecule has 2 aromatic heterocycles. The van der Waals surface area contributed by atoms with Gasteiger partial charge in [-0.2, -0.15) is 5.10 Å². The number of allylic oxidation sites excluding steroid dienone is 2. The molecule has 1 saturated heterocycles. The number of carboxylic acid groups (broad SMARTS) is 1. The summed E-state index contributed by atoms with van der Waals surface area (Å²) in [5.41, 5.74) is 7.38. The third-order valence-electron chi connectivity index (χ3n) is 8.55. The quantitative estimate of drug-likeness (QED) is 0.356. The lowest BCUT2D eigenvalue weighted by molar-refractivity contribution is 0.0697. The van der Waals surface area contributed by atoms with Crippen LogP contribution in [0.4, 0.5) is 5.82 Å². The summed E-state index contributed by atoms with van der Waals surface area (Å²) in [6, 6.07) is 13.7. The number of benzene rings is 2. The summed E-state index contributed by atoms with van der Waals surface area (Å²) in [4.78, 5) is 13.8. The number of rotatable bonds is 5. The second-order valence-electron chi connectivity index (χ2n) is 11.0. The Morgan fingerprint density at radius 1 is 1.14 bits per heavy atom. The molecule has 0 unspecified atom stereocenters. The van der Waals surface area contributed by atoms with Crippen LogP contribution < -0.4 is 4.90 Å². The van der Waals surface area contributed by atoms with Gasteiger partial charge in [-0.25, -0.2) is 4.79 Å². The van der Waals surface area contributed by atoms with Crippen LogP contribution in [0.3, 0.4) is 0 Å². The molecule has 7 nitrogen and oxygen atoms in total. The molecule has 2 aromatic carbocycles. The Hall–Kier alpha value is -3.87. The number of carbonyl (C=O) groups is 1. The van der Waals surface area contributed by atoms with Gasteiger partial charge in [-0.3, -0.25) is 4.68 Å². The van der Waals surface area contributed by atoms with Crippen molar-refractivity contribution in [3.8, 4) is 11.3 Å². The highest BCUT2D eigenvalue weighted by molar-refractivity contribution is 5.97. The SMILES string of the molecule is Cc1ccccc1-c1noc(C2CC2)c1C1=CC2(CCN(c3nn(C)c4cc(C(=O)O)ccc34)CC2)C1. The minimum atomic E-state index is -0.916. The maximum absolute atomic E-state index is 11.4. The number of aryl methyl sites for hydroxylation is 2. The fourth-order valence-corrected chi connectivity index (χ4v) is 6.23. The molecule has 2 aliphatic carbocycles. The molecular formula is C30H30N4O3. The van der Waals surface area contributed by atoms with Crippen molar-refractivity contribution in [1.29, 1.82) is 0 Å². The molecule has 1 saturated carbocycles. The molecule has 2 fully saturated rings. The van der Waals surface area contributed by atoms with E-state index in [0.717, 1.165) is 66.1 Å². The number of anilines is 1. The zero-order valence-corrected chi connectivity index (χ0v) is 21.2. The molecule has 0 radical (unpaired) electrons. The second kappa shape index (κ2) is 8.07. The minimum Gasteiger partial charge on any atom is -0.478 e. The Morgan fingerprint density at radius 3 is 2.59 bits per heavy atom. The van der Waals surface area contributed by atoms with E-state index >= 15 is 0 Å². The van der Waals surface area contributed by atoms with Gasteiger partial charge in [0.05, 0.1) is 11.1 Å². The molecule has 0 bridgehead atoms. The highest BCUT2D eigenvalue weighted by Crippen LogP contribution is 2.56. The molecule has 188 valence electrons. The van der Waals surface area contributed by atoms with E-state index in [9.17, 15) is 9.90 Å². The lowest BCUT2D eigenvalue weighted by Crippen LogP contribution is -2.42. The lowest BCUT2D eigenvalue weighted by atomic mass is 9.63. The summed E-state index contributed by atoms with van der Waals surface area (Å²) in [6.07, 6.45) is 8.09. The smallest absolute Gasteiger partial charge is 0.335 e. The van der Waals surface area contributed by atoms with Gasteiger partial charge in [0.25, 0.3) is 0 Å². The van der Waals surface area contributed by atoms with Crippen LogP contribution in [-0.4, -0.2) is 39.1 Å².